The highest BCUT2D eigenvalue weighted by molar-refractivity contribution is 7.21. The summed E-state index contributed by atoms with van der Waals surface area (Å²) in [4.78, 5) is 27.8. The first-order valence-corrected chi connectivity index (χ1v) is 10.2. The number of fused-ring (bicyclic) bond motifs is 2. The monoisotopic (exact) mass is 430 g/mol. The number of nitrogens with zero attached hydrogens (tertiary/aromatic N) is 2. The Bertz CT molecular complexity index is 1500. The van der Waals surface area contributed by atoms with E-state index in [9.17, 15) is 14.9 Å². The number of aryl methyl sites for hydroxylation is 1. The summed E-state index contributed by atoms with van der Waals surface area (Å²) < 4.78 is 12.3. The van der Waals surface area contributed by atoms with Gasteiger partial charge < -0.3 is 9.15 Å². The van der Waals surface area contributed by atoms with Gasteiger partial charge in [0.05, 0.1) is 26.8 Å². The summed E-state index contributed by atoms with van der Waals surface area (Å²) in [6.07, 6.45) is 0. The highest BCUT2D eigenvalue weighted by Crippen LogP contribution is 2.32. The van der Waals surface area contributed by atoms with E-state index >= 15 is 0 Å². The Hall–Kier alpha value is -4.04. The molecule has 0 aliphatic heterocycles. The molecule has 5 rings (SSSR count). The van der Waals surface area contributed by atoms with Crippen LogP contribution in [0.1, 0.15) is 5.56 Å². The number of aromatic nitrogens is 1. The van der Waals surface area contributed by atoms with Crippen molar-refractivity contribution in [3.8, 4) is 22.1 Å². The van der Waals surface area contributed by atoms with Crippen molar-refractivity contribution in [2.45, 2.75) is 6.92 Å². The Morgan fingerprint density at radius 2 is 1.87 bits per heavy atom. The Kier molecular flexibility index (Phi) is 4.48. The van der Waals surface area contributed by atoms with Crippen molar-refractivity contribution < 1.29 is 14.1 Å². The second kappa shape index (κ2) is 7.33. The van der Waals surface area contributed by atoms with Gasteiger partial charge in [0, 0.05) is 17.5 Å². The number of rotatable bonds is 4. The van der Waals surface area contributed by atoms with Crippen LogP contribution >= 0.6 is 11.3 Å². The van der Waals surface area contributed by atoms with Crippen molar-refractivity contribution in [1.82, 2.24) is 4.98 Å². The summed E-state index contributed by atoms with van der Waals surface area (Å²) >= 11 is 1.43. The van der Waals surface area contributed by atoms with Gasteiger partial charge in [0.2, 0.25) is 0 Å². The van der Waals surface area contributed by atoms with E-state index in [0.29, 0.717) is 33.2 Å². The van der Waals surface area contributed by atoms with E-state index in [0.717, 1.165) is 15.6 Å². The van der Waals surface area contributed by atoms with Crippen LogP contribution in [0, 0.1) is 17.0 Å². The molecule has 152 valence electrons. The summed E-state index contributed by atoms with van der Waals surface area (Å²) in [6.45, 7) is 1.75. The standard InChI is InChI=1S/C23H14N2O5S/c1-13-8-15(25(27)28)11-17(9-13)29-16-7-6-14-10-18(23(26)30-20(14)12-16)22-24-19-4-2-3-5-21(19)31-22/h2-12H,1H3. The third kappa shape index (κ3) is 3.64. The van der Waals surface area contributed by atoms with Crippen molar-refractivity contribution in [2.24, 2.45) is 0 Å². The molecule has 0 aliphatic rings. The normalized spacial score (nSPS) is 11.1. The number of hydrogen-bond acceptors (Lipinski definition) is 7. The molecule has 3 aromatic carbocycles. The zero-order valence-electron chi connectivity index (χ0n) is 16.2. The molecule has 0 amide bonds. The minimum Gasteiger partial charge on any atom is -0.457 e. The smallest absolute Gasteiger partial charge is 0.346 e. The SMILES string of the molecule is Cc1cc(Oc2ccc3cc(-c4nc5ccccc5s4)c(=O)oc3c2)cc([N+](=O)[O-])c1. The number of para-hydroxylation sites is 1. The van der Waals surface area contributed by atoms with E-state index in [1.807, 2.05) is 24.3 Å². The molecule has 0 fully saturated rings. The number of thiazole rings is 1. The molecule has 7 nitrogen and oxygen atoms in total. The number of nitro benzene ring substituents is 1. The van der Waals surface area contributed by atoms with Crippen molar-refractivity contribution in [1.29, 1.82) is 0 Å². The van der Waals surface area contributed by atoms with Crippen LogP contribution in [-0.4, -0.2) is 9.91 Å². The van der Waals surface area contributed by atoms with Gasteiger partial charge >= 0.3 is 5.63 Å². The van der Waals surface area contributed by atoms with Crippen LogP contribution in [0.3, 0.4) is 0 Å². The van der Waals surface area contributed by atoms with Crippen LogP contribution < -0.4 is 10.4 Å². The minimum atomic E-state index is -0.491. The first kappa shape index (κ1) is 19.0. The Balaban J connectivity index is 1.52. The molecular formula is C23H14N2O5S. The Morgan fingerprint density at radius 3 is 2.68 bits per heavy atom. The fourth-order valence-electron chi connectivity index (χ4n) is 3.32. The van der Waals surface area contributed by atoms with E-state index < -0.39 is 10.5 Å². The number of nitro groups is 1. The molecule has 8 heteroatoms. The molecule has 0 aliphatic carbocycles. The van der Waals surface area contributed by atoms with Gasteiger partial charge in [-0.15, -0.1) is 11.3 Å². The van der Waals surface area contributed by atoms with Gasteiger partial charge in [0.25, 0.3) is 5.69 Å². The van der Waals surface area contributed by atoms with Gasteiger partial charge in [-0.1, -0.05) is 12.1 Å². The lowest BCUT2D eigenvalue weighted by Crippen LogP contribution is -2.02. The van der Waals surface area contributed by atoms with Gasteiger partial charge in [-0.05, 0) is 48.9 Å². The molecule has 0 N–H and O–H groups in total. The summed E-state index contributed by atoms with van der Waals surface area (Å²) in [5.74, 6) is 0.739. The van der Waals surface area contributed by atoms with E-state index in [1.54, 1.807) is 37.3 Å². The first-order chi connectivity index (χ1) is 15.0. The Labute approximate surface area is 179 Å². The maximum absolute atomic E-state index is 12.6. The molecule has 2 heterocycles. The predicted octanol–water partition coefficient (Wildman–Crippen LogP) is 6.08. The average molecular weight is 430 g/mol. The molecule has 0 unspecified atom stereocenters. The third-order valence-corrected chi connectivity index (χ3v) is 5.78. The number of ether oxygens (including phenoxy) is 1. The minimum absolute atomic E-state index is 0.0530. The molecule has 0 spiro atoms. The highest BCUT2D eigenvalue weighted by atomic mass is 32.1. The third-order valence-electron chi connectivity index (χ3n) is 4.71. The van der Waals surface area contributed by atoms with Crippen LogP contribution in [0.15, 0.2) is 75.9 Å². The fourth-order valence-corrected chi connectivity index (χ4v) is 4.29. The zero-order chi connectivity index (χ0) is 21.5. The number of non-ortho nitro benzene ring substituents is 1. The molecular weight excluding hydrogens is 416 g/mol. The van der Waals surface area contributed by atoms with Crippen LogP contribution in [-0.2, 0) is 0 Å². The summed E-state index contributed by atoms with van der Waals surface area (Å²) in [5.41, 5.74) is 1.75. The van der Waals surface area contributed by atoms with Crippen molar-refractivity contribution in [3.63, 3.8) is 0 Å². The lowest BCUT2D eigenvalue weighted by Gasteiger charge is -2.08. The predicted molar refractivity (Wildman–Crippen MR) is 119 cm³/mol. The summed E-state index contributed by atoms with van der Waals surface area (Å²) in [7, 11) is 0. The molecule has 2 aromatic heterocycles. The first-order valence-electron chi connectivity index (χ1n) is 9.34. The fraction of sp³-hybridized carbons (Fsp3) is 0.0435. The molecule has 31 heavy (non-hydrogen) atoms. The molecule has 5 aromatic rings. The lowest BCUT2D eigenvalue weighted by atomic mass is 10.2. The molecule has 0 bridgehead atoms. The van der Waals surface area contributed by atoms with Gasteiger partial charge in [-0.3, -0.25) is 10.1 Å². The second-order valence-corrected chi connectivity index (χ2v) is 8.03. The largest absolute Gasteiger partial charge is 0.457 e. The second-order valence-electron chi connectivity index (χ2n) is 7.00. The number of benzene rings is 3. The van der Waals surface area contributed by atoms with Crippen LogP contribution in [0.5, 0.6) is 11.5 Å². The van der Waals surface area contributed by atoms with Gasteiger partial charge in [0.15, 0.2) is 0 Å². The van der Waals surface area contributed by atoms with E-state index in [4.69, 9.17) is 9.15 Å². The van der Waals surface area contributed by atoms with E-state index in [1.165, 1.54) is 23.5 Å². The van der Waals surface area contributed by atoms with Gasteiger partial charge in [0.1, 0.15) is 22.1 Å². The number of hydrogen-bond donors (Lipinski definition) is 0. The van der Waals surface area contributed by atoms with Crippen molar-refractivity contribution >= 4 is 38.2 Å². The highest BCUT2D eigenvalue weighted by Gasteiger charge is 2.14. The van der Waals surface area contributed by atoms with E-state index in [-0.39, 0.29) is 5.69 Å². The maximum Gasteiger partial charge on any atom is 0.346 e. The quantitative estimate of drug-likeness (QED) is 0.195. The maximum atomic E-state index is 12.6. The summed E-state index contributed by atoms with van der Waals surface area (Å²) in [6, 6.07) is 19.0. The Morgan fingerprint density at radius 1 is 1.03 bits per heavy atom. The molecule has 0 saturated carbocycles. The van der Waals surface area contributed by atoms with Crippen LogP contribution in [0.4, 0.5) is 5.69 Å². The van der Waals surface area contributed by atoms with Crippen molar-refractivity contribution in [3.05, 3.63) is 92.8 Å². The summed E-state index contributed by atoms with van der Waals surface area (Å²) in [5, 5.41) is 12.4. The van der Waals surface area contributed by atoms with Crippen LogP contribution in [0.25, 0.3) is 31.8 Å². The van der Waals surface area contributed by atoms with Crippen molar-refractivity contribution in [2.75, 3.05) is 0 Å². The average Bonchev–Trinajstić information content (AvgIpc) is 3.16. The van der Waals surface area contributed by atoms with E-state index in [2.05, 4.69) is 4.98 Å². The zero-order valence-corrected chi connectivity index (χ0v) is 17.0. The topological polar surface area (TPSA) is 95.5 Å². The lowest BCUT2D eigenvalue weighted by molar-refractivity contribution is -0.385. The van der Waals surface area contributed by atoms with Gasteiger partial charge in [-0.25, -0.2) is 9.78 Å². The van der Waals surface area contributed by atoms with Gasteiger partial charge in [-0.2, -0.15) is 0 Å². The molecule has 0 atom stereocenters. The van der Waals surface area contributed by atoms with Crippen LogP contribution in [0.2, 0.25) is 0 Å². The molecule has 0 radical (unpaired) electrons. The molecule has 0 saturated heterocycles.